The minimum Gasteiger partial charge on any atom is -0.342 e. The smallest absolute Gasteiger partial charge is 0.289 e. The van der Waals surface area contributed by atoms with Crippen LogP contribution in [0.25, 0.3) is 0 Å². The zero-order valence-corrected chi connectivity index (χ0v) is 20.4. The number of carbonyl (C=O) groups is 3. The summed E-state index contributed by atoms with van der Waals surface area (Å²) >= 11 is 13.5. The molecule has 34 heavy (non-hydrogen) atoms. The maximum atomic E-state index is 12.7. The fourth-order valence-electron chi connectivity index (χ4n) is 3.75. The molecule has 1 aliphatic rings. The van der Waals surface area contributed by atoms with Crippen molar-refractivity contribution in [3.8, 4) is 0 Å². The van der Waals surface area contributed by atoms with Crippen molar-refractivity contribution in [3.63, 3.8) is 0 Å². The van der Waals surface area contributed by atoms with Crippen molar-refractivity contribution in [3.05, 3.63) is 85.8 Å². The molecule has 2 aromatic carbocycles. The number of amides is 3. The van der Waals surface area contributed by atoms with Gasteiger partial charge in [-0.1, -0.05) is 47.5 Å². The fourth-order valence-corrected chi connectivity index (χ4v) is 5.12. The molecule has 0 unspecified atom stereocenters. The number of benzene rings is 2. The van der Waals surface area contributed by atoms with Crippen LogP contribution in [-0.2, 0) is 11.2 Å². The molecule has 10 heteroatoms. The van der Waals surface area contributed by atoms with E-state index in [0.717, 1.165) is 23.4 Å². The summed E-state index contributed by atoms with van der Waals surface area (Å²) in [6, 6.07) is 13.8. The Labute approximate surface area is 211 Å². The molecule has 4 rings (SSSR count). The summed E-state index contributed by atoms with van der Waals surface area (Å²) in [4.78, 5) is 43.6. The topological polar surface area (TPSA) is 91.4 Å². The Morgan fingerprint density at radius 3 is 2.47 bits per heavy atom. The second kappa shape index (κ2) is 11.0. The van der Waals surface area contributed by atoms with E-state index in [-0.39, 0.29) is 23.9 Å². The standard InChI is InChI=1S/C24H22Cl2N4O3S/c25-18-6-3-5-17(12-18)22(32)28-29-23(33)20-14-34-24(27-20)15-8-10-30(11-9-15)21(31)13-16-4-1-2-7-19(16)26/h1-7,12,14-15H,8-11,13H2,(H,28,32)(H,29,33). The molecule has 0 saturated carbocycles. The summed E-state index contributed by atoms with van der Waals surface area (Å²) < 4.78 is 0. The molecule has 0 aliphatic carbocycles. The Bertz CT molecular complexity index is 1210. The van der Waals surface area contributed by atoms with Gasteiger partial charge in [0.25, 0.3) is 11.8 Å². The summed E-state index contributed by atoms with van der Waals surface area (Å²) in [5.41, 5.74) is 6.15. The van der Waals surface area contributed by atoms with Gasteiger partial charge in [0.2, 0.25) is 5.91 Å². The Morgan fingerprint density at radius 2 is 1.74 bits per heavy atom. The molecule has 2 N–H and O–H groups in total. The van der Waals surface area contributed by atoms with Gasteiger partial charge in [0.05, 0.1) is 11.4 Å². The number of likely N-dealkylation sites (tertiary alicyclic amines) is 1. The molecule has 2 heterocycles. The lowest BCUT2D eigenvalue weighted by molar-refractivity contribution is -0.131. The lowest BCUT2D eigenvalue weighted by atomic mass is 9.97. The zero-order valence-electron chi connectivity index (χ0n) is 18.1. The highest BCUT2D eigenvalue weighted by molar-refractivity contribution is 7.09. The number of thiazole rings is 1. The van der Waals surface area contributed by atoms with Crippen LogP contribution in [0.1, 0.15) is 50.2 Å². The van der Waals surface area contributed by atoms with Crippen molar-refractivity contribution in [2.75, 3.05) is 13.1 Å². The van der Waals surface area contributed by atoms with Crippen LogP contribution in [0.3, 0.4) is 0 Å². The SMILES string of the molecule is O=C(NNC(=O)c1csc(C2CCN(C(=O)Cc3ccccc3Cl)CC2)n1)c1cccc(Cl)c1. The number of piperidine rings is 1. The second-order valence-corrected chi connectivity index (χ2v) is 9.65. The van der Waals surface area contributed by atoms with E-state index in [4.69, 9.17) is 23.2 Å². The highest BCUT2D eigenvalue weighted by Gasteiger charge is 2.26. The van der Waals surface area contributed by atoms with Crippen LogP contribution in [-0.4, -0.2) is 40.7 Å². The number of carbonyl (C=O) groups excluding carboxylic acids is 3. The van der Waals surface area contributed by atoms with Gasteiger partial charge < -0.3 is 4.90 Å². The van der Waals surface area contributed by atoms with E-state index in [1.165, 1.54) is 17.4 Å². The first-order chi connectivity index (χ1) is 16.4. The molecule has 176 valence electrons. The molecule has 0 atom stereocenters. The Kier molecular flexibility index (Phi) is 7.82. The number of aromatic nitrogens is 1. The van der Waals surface area contributed by atoms with Gasteiger partial charge in [-0.3, -0.25) is 25.2 Å². The van der Waals surface area contributed by atoms with E-state index >= 15 is 0 Å². The maximum Gasteiger partial charge on any atom is 0.289 e. The van der Waals surface area contributed by atoms with Gasteiger partial charge in [-0.2, -0.15) is 0 Å². The van der Waals surface area contributed by atoms with E-state index in [1.807, 2.05) is 23.1 Å². The molecule has 0 bridgehead atoms. The number of nitrogens with zero attached hydrogens (tertiary/aromatic N) is 2. The minimum atomic E-state index is -0.495. The van der Waals surface area contributed by atoms with Crippen LogP contribution in [0.2, 0.25) is 10.0 Å². The highest BCUT2D eigenvalue weighted by atomic mass is 35.5. The largest absolute Gasteiger partial charge is 0.342 e. The molecule has 0 radical (unpaired) electrons. The second-order valence-electron chi connectivity index (χ2n) is 7.91. The van der Waals surface area contributed by atoms with Gasteiger partial charge in [-0.25, -0.2) is 4.98 Å². The predicted octanol–water partition coefficient (Wildman–Crippen LogP) is 4.47. The van der Waals surface area contributed by atoms with Crippen LogP contribution in [0.5, 0.6) is 0 Å². The van der Waals surface area contributed by atoms with Gasteiger partial charge in [0.15, 0.2) is 0 Å². The molecule has 1 aromatic heterocycles. The van der Waals surface area contributed by atoms with Crippen molar-refractivity contribution in [2.24, 2.45) is 0 Å². The maximum absolute atomic E-state index is 12.7. The van der Waals surface area contributed by atoms with E-state index in [9.17, 15) is 14.4 Å². The number of rotatable bonds is 5. The van der Waals surface area contributed by atoms with Crippen LogP contribution in [0.4, 0.5) is 0 Å². The Hall–Kier alpha value is -2.94. The van der Waals surface area contributed by atoms with E-state index < -0.39 is 11.8 Å². The van der Waals surface area contributed by atoms with Crippen molar-refractivity contribution < 1.29 is 14.4 Å². The number of halogens is 2. The van der Waals surface area contributed by atoms with Gasteiger partial charge in [-0.05, 0) is 42.7 Å². The average molecular weight is 517 g/mol. The van der Waals surface area contributed by atoms with Crippen LogP contribution < -0.4 is 10.9 Å². The fraction of sp³-hybridized carbons (Fsp3) is 0.250. The Balaban J connectivity index is 1.27. The number of hydrazine groups is 1. The first-order valence-electron chi connectivity index (χ1n) is 10.7. The van der Waals surface area contributed by atoms with Crippen molar-refractivity contribution in [1.29, 1.82) is 0 Å². The molecule has 1 fully saturated rings. The molecular weight excluding hydrogens is 495 g/mol. The first-order valence-corrected chi connectivity index (χ1v) is 12.4. The number of hydrogen-bond acceptors (Lipinski definition) is 5. The van der Waals surface area contributed by atoms with Gasteiger partial charge in [0, 0.05) is 40.0 Å². The molecule has 1 aliphatic heterocycles. The summed E-state index contributed by atoms with van der Waals surface area (Å²) in [6.45, 7) is 1.26. The molecule has 3 amide bonds. The van der Waals surface area contributed by atoms with Crippen LogP contribution in [0.15, 0.2) is 53.9 Å². The van der Waals surface area contributed by atoms with Crippen molar-refractivity contribution in [1.82, 2.24) is 20.7 Å². The first kappa shape index (κ1) is 24.2. The zero-order chi connectivity index (χ0) is 24.1. The summed E-state index contributed by atoms with van der Waals surface area (Å²) in [5.74, 6) is -0.733. The van der Waals surface area contributed by atoms with E-state index in [2.05, 4.69) is 15.8 Å². The van der Waals surface area contributed by atoms with Gasteiger partial charge in [-0.15, -0.1) is 11.3 Å². The van der Waals surface area contributed by atoms with Gasteiger partial charge in [0.1, 0.15) is 5.69 Å². The Morgan fingerprint density at radius 1 is 1.00 bits per heavy atom. The third kappa shape index (κ3) is 5.94. The van der Waals surface area contributed by atoms with E-state index in [0.29, 0.717) is 28.7 Å². The molecule has 1 saturated heterocycles. The lowest BCUT2D eigenvalue weighted by Crippen LogP contribution is -2.41. The third-order valence-corrected chi connectivity index (χ3v) is 7.24. The third-order valence-electron chi connectivity index (χ3n) is 5.63. The summed E-state index contributed by atoms with van der Waals surface area (Å²) in [7, 11) is 0. The summed E-state index contributed by atoms with van der Waals surface area (Å²) in [5, 5.41) is 3.55. The number of nitrogens with one attached hydrogen (secondary N) is 2. The lowest BCUT2D eigenvalue weighted by Gasteiger charge is -2.31. The van der Waals surface area contributed by atoms with E-state index in [1.54, 1.807) is 29.6 Å². The van der Waals surface area contributed by atoms with Crippen molar-refractivity contribution >= 4 is 52.3 Å². The number of hydrogen-bond donors (Lipinski definition) is 2. The molecular formula is C24H22Cl2N4O3S. The minimum absolute atomic E-state index is 0.0567. The monoisotopic (exact) mass is 516 g/mol. The van der Waals surface area contributed by atoms with Crippen LogP contribution in [0, 0.1) is 0 Å². The predicted molar refractivity (Wildman–Crippen MR) is 132 cm³/mol. The quantitative estimate of drug-likeness (QED) is 0.489. The molecule has 3 aromatic rings. The summed E-state index contributed by atoms with van der Waals surface area (Å²) in [6.07, 6.45) is 1.83. The molecule has 0 spiro atoms. The van der Waals surface area contributed by atoms with Gasteiger partial charge >= 0.3 is 0 Å². The highest BCUT2D eigenvalue weighted by Crippen LogP contribution is 2.30. The molecule has 7 nitrogen and oxygen atoms in total. The van der Waals surface area contributed by atoms with Crippen molar-refractivity contribution in [2.45, 2.75) is 25.2 Å². The van der Waals surface area contributed by atoms with Crippen LogP contribution >= 0.6 is 34.5 Å². The normalized spacial score (nSPS) is 14.0. The average Bonchev–Trinajstić information content (AvgIpc) is 3.34.